The first-order valence-electron chi connectivity index (χ1n) is 49.7. The molecule has 0 heteroatoms. The fraction of sp³-hybridized carbons (Fsp3) is 0.0210. The lowest BCUT2D eigenvalue weighted by atomic mass is 9.79. The van der Waals surface area contributed by atoms with Crippen LogP contribution in [0.25, 0.3) is 248 Å². The lowest BCUT2D eigenvalue weighted by molar-refractivity contribution is 0.666. The molecule has 0 nitrogen and oxygen atoms in total. The molecule has 0 amide bonds. The Morgan fingerprint density at radius 1 is 0.112 bits per heavy atom. The monoisotopic (exact) mass is 1810 g/mol. The molecule has 1 aliphatic rings. The van der Waals surface area contributed by atoms with E-state index in [0.29, 0.717) is 0 Å². The van der Waals surface area contributed by atoms with Crippen molar-refractivity contribution in [2.75, 3.05) is 0 Å². The molecule has 0 radical (unpaired) electrons. The summed E-state index contributed by atoms with van der Waals surface area (Å²) in [4.78, 5) is 0. The molecule has 0 spiro atoms. The molecular weight excluding hydrogens is 1720 g/mol. The van der Waals surface area contributed by atoms with Gasteiger partial charge in [-0.25, -0.2) is 0 Å². The van der Waals surface area contributed by atoms with Crippen molar-refractivity contribution in [2.24, 2.45) is 0 Å². The zero-order valence-corrected chi connectivity index (χ0v) is 79.6. The molecule has 1 aliphatic carbocycles. The van der Waals surface area contributed by atoms with Crippen molar-refractivity contribution in [3.05, 3.63) is 569 Å². The zero-order valence-electron chi connectivity index (χ0n) is 79.6. The van der Waals surface area contributed by atoms with E-state index in [2.05, 4.69) is 572 Å². The molecule has 0 saturated carbocycles. The highest BCUT2D eigenvalue weighted by molar-refractivity contribution is 6.28. The number of rotatable bonds is 0. The molecule has 0 aromatic heterocycles. The van der Waals surface area contributed by atoms with Crippen LogP contribution in [0.1, 0.15) is 25.0 Å². The van der Waals surface area contributed by atoms with Gasteiger partial charge in [0.2, 0.25) is 0 Å². The average Bonchev–Trinajstić information content (AvgIpc) is 1.53. The molecule has 0 atom stereocenters. The van der Waals surface area contributed by atoms with Crippen LogP contribution in [0.3, 0.4) is 0 Å². The molecule has 143 heavy (non-hydrogen) atoms. The Kier molecular flexibility index (Phi) is 22.5. The second-order valence-corrected chi connectivity index (χ2v) is 38.2. The molecule has 0 heterocycles. The van der Waals surface area contributed by atoms with Crippen molar-refractivity contribution in [3.8, 4) is 11.1 Å². The largest absolute Gasteiger partial charge is 0.0619 e. The predicted octanol–water partition coefficient (Wildman–Crippen LogP) is 40.6. The van der Waals surface area contributed by atoms with Gasteiger partial charge in [-0.1, -0.05) is 536 Å². The number of hydrogen-bond donors (Lipinski definition) is 0. The molecular formula is C143H98. The minimum Gasteiger partial charge on any atom is -0.0619 e. The zero-order chi connectivity index (χ0) is 95.3. The van der Waals surface area contributed by atoms with Gasteiger partial charge in [0.05, 0.1) is 0 Å². The summed E-state index contributed by atoms with van der Waals surface area (Å²) in [6.07, 6.45) is 0. The van der Waals surface area contributed by atoms with Crippen LogP contribution >= 0.6 is 0 Å². The van der Waals surface area contributed by atoms with Crippen LogP contribution in [0.4, 0.5) is 0 Å². The first-order chi connectivity index (χ1) is 70.7. The average molecular weight is 1820 g/mol. The third-order valence-electron chi connectivity index (χ3n) is 29.6. The van der Waals surface area contributed by atoms with E-state index in [0.717, 1.165) is 0 Å². The second kappa shape index (κ2) is 37.3. The van der Waals surface area contributed by atoms with E-state index in [1.165, 1.54) is 259 Å². The van der Waals surface area contributed by atoms with Crippen molar-refractivity contribution in [1.29, 1.82) is 0 Å². The SMILES string of the molecule is CC1(C)c2ccccc2-c2c1c1ccccc1c1ccccc21.c1cc2ccc3cccc4ccc(c1)c2c34.c1ccc2c(c1)c1ccccc1c1ccccc21.c1ccc2c(c1)ccc1c2ccc2c3ccccc3ccc21.c1ccc2c(c1)ccc1c3ccccc3ccc21.c1ccc2c(c1)ccc1ccccc12.c1ccc2cc3cc4ccccc4cc3cc2c1.c1ccc2cc3ccccc3cc2c1. The minimum atomic E-state index is 0.0373. The Morgan fingerprint density at radius 2 is 0.273 bits per heavy atom. The summed E-state index contributed by atoms with van der Waals surface area (Å²) in [5.74, 6) is 0. The molecule has 0 saturated heterocycles. The van der Waals surface area contributed by atoms with E-state index in [1.54, 1.807) is 0 Å². The standard InChI is InChI=1S/C23H18.C22H14.3C18H12.C16H10.2C14H10/c1-23(2)20-14-8-7-13-19(20)21-17-11-5-3-9-15(17)16-10-4-6-12-18(16)22(21)23;1-3-7-17-15(5-1)9-11-21-19(17)13-14-20-18-8-4-2-6-16(18)10-12-22(20)21;1-3-7-15-13(5-1)9-11-18-16-8-4-2-6-14(16)10-12-17(15)18;1-2-8-14-13(7-1)15-9-3-4-11-17(15)18-12-6-5-10-16(14)18;1-2-6-14-10-18-12-16-8-4-3-7-15(16)11-17(18)9-13(14)5-1;1-3-11-7-9-13-5-2-6-14-10-8-12(4-1)15(11)16(13)14;1-3-7-13-11(5-1)9-10-12-6-2-4-8-14(12)13;1-2-6-12-10-14-8-4-3-7-13(14)9-11(12)5-1/h3-14H,1-2H3;1-14H;3*1-12H;1-10H;2*1-10H. The van der Waals surface area contributed by atoms with Gasteiger partial charge in [-0.05, 0) is 296 Å². The highest BCUT2D eigenvalue weighted by Gasteiger charge is 2.38. The summed E-state index contributed by atoms with van der Waals surface area (Å²) in [5.41, 5.74) is 5.79. The van der Waals surface area contributed by atoms with Crippen LogP contribution in [0, 0.1) is 0 Å². The van der Waals surface area contributed by atoms with Gasteiger partial charge >= 0.3 is 0 Å². The summed E-state index contributed by atoms with van der Waals surface area (Å²) >= 11 is 0. The summed E-state index contributed by atoms with van der Waals surface area (Å²) in [6, 6.07) is 200. The summed E-state index contributed by atoms with van der Waals surface area (Å²) in [7, 11) is 0. The van der Waals surface area contributed by atoms with E-state index >= 15 is 0 Å². The predicted molar refractivity (Wildman–Crippen MR) is 625 cm³/mol. The van der Waals surface area contributed by atoms with Gasteiger partial charge in [0, 0.05) is 5.41 Å². The number of benzene rings is 31. The molecule has 0 aliphatic heterocycles. The Bertz CT molecular complexity index is 9520. The van der Waals surface area contributed by atoms with Crippen molar-refractivity contribution >= 4 is 237 Å². The Balaban J connectivity index is 0.0000000862. The van der Waals surface area contributed by atoms with Gasteiger partial charge in [-0.3, -0.25) is 0 Å². The lowest BCUT2D eigenvalue weighted by Crippen LogP contribution is -2.15. The fourth-order valence-corrected chi connectivity index (χ4v) is 22.8. The highest BCUT2D eigenvalue weighted by Crippen LogP contribution is 2.55. The van der Waals surface area contributed by atoms with Crippen LogP contribution in [0.2, 0.25) is 0 Å². The summed E-state index contributed by atoms with van der Waals surface area (Å²) < 4.78 is 0. The maximum atomic E-state index is 2.36. The molecule has 0 unspecified atom stereocenters. The van der Waals surface area contributed by atoms with Gasteiger partial charge < -0.3 is 0 Å². The quantitative estimate of drug-likeness (QED) is 0.105. The second-order valence-electron chi connectivity index (χ2n) is 38.2. The van der Waals surface area contributed by atoms with Gasteiger partial charge in [-0.15, -0.1) is 0 Å². The maximum Gasteiger partial charge on any atom is 0.0165 e. The molecule has 0 N–H and O–H groups in total. The van der Waals surface area contributed by atoms with Gasteiger partial charge in [0.25, 0.3) is 0 Å². The molecule has 31 aromatic rings. The topological polar surface area (TPSA) is 0 Å². The number of fused-ring (bicyclic) bond motifs is 34. The van der Waals surface area contributed by atoms with E-state index < -0.39 is 0 Å². The summed E-state index contributed by atoms with van der Waals surface area (Å²) in [5, 5.41) is 58.6. The third-order valence-corrected chi connectivity index (χ3v) is 29.6. The van der Waals surface area contributed by atoms with Crippen molar-refractivity contribution in [3.63, 3.8) is 0 Å². The van der Waals surface area contributed by atoms with Gasteiger partial charge in [0.15, 0.2) is 0 Å². The van der Waals surface area contributed by atoms with E-state index in [9.17, 15) is 0 Å². The van der Waals surface area contributed by atoms with Crippen LogP contribution in [-0.4, -0.2) is 0 Å². The molecule has 670 valence electrons. The van der Waals surface area contributed by atoms with E-state index in [-0.39, 0.29) is 5.41 Å². The first-order valence-corrected chi connectivity index (χ1v) is 49.7. The Morgan fingerprint density at radius 3 is 0.552 bits per heavy atom. The van der Waals surface area contributed by atoms with E-state index in [4.69, 9.17) is 0 Å². The van der Waals surface area contributed by atoms with Gasteiger partial charge in [-0.2, -0.15) is 0 Å². The summed E-state index contributed by atoms with van der Waals surface area (Å²) in [6.45, 7) is 4.72. The van der Waals surface area contributed by atoms with Crippen LogP contribution in [0.5, 0.6) is 0 Å². The van der Waals surface area contributed by atoms with Crippen LogP contribution in [-0.2, 0) is 5.41 Å². The molecule has 0 bridgehead atoms. The third kappa shape index (κ3) is 16.1. The fourth-order valence-electron chi connectivity index (χ4n) is 22.8. The molecule has 32 rings (SSSR count). The van der Waals surface area contributed by atoms with Crippen LogP contribution in [0.15, 0.2) is 558 Å². The van der Waals surface area contributed by atoms with Gasteiger partial charge in [0.1, 0.15) is 0 Å². The smallest absolute Gasteiger partial charge is 0.0165 e. The van der Waals surface area contributed by atoms with E-state index in [1.807, 2.05) is 0 Å². The van der Waals surface area contributed by atoms with Crippen molar-refractivity contribution < 1.29 is 0 Å². The normalized spacial score (nSPS) is 11.9. The van der Waals surface area contributed by atoms with Crippen LogP contribution < -0.4 is 0 Å². The minimum absolute atomic E-state index is 0.0373. The number of hydrogen-bond acceptors (Lipinski definition) is 0. The van der Waals surface area contributed by atoms with Crippen molar-refractivity contribution in [1.82, 2.24) is 0 Å². The lowest BCUT2D eigenvalue weighted by Gasteiger charge is -2.24. The Hall–Kier alpha value is -18.2. The van der Waals surface area contributed by atoms with Crippen molar-refractivity contribution in [2.45, 2.75) is 19.3 Å². The Labute approximate surface area is 830 Å². The molecule has 31 aromatic carbocycles. The maximum absolute atomic E-state index is 2.36. The highest BCUT2D eigenvalue weighted by atomic mass is 14.4. The molecule has 0 fully saturated rings. The first kappa shape index (κ1) is 86.4.